The lowest BCUT2D eigenvalue weighted by molar-refractivity contribution is -0.116. The summed E-state index contributed by atoms with van der Waals surface area (Å²) in [5.74, 6) is -0.688. The first-order valence-electron chi connectivity index (χ1n) is 10.7. The van der Waals surface area contributed by atoms with Crippen LogP contribution in [-0.4, -0.2) is 46.7 Å². The van der Waals surface area contributed by atoms with Gasteiger partial charge in [0.15, 0.2) is 0 Å². The highest BCUT2D eigenvalue weighted by Crippen LogP contribution is 2.29. The number of aliphatic imine (C=N–C) groups is 1. The molecular formula is C23H28N4O7S. The van der Waals surface area contributed by atoms with E-state index in [1.165, 1.54) is 30.3 Å². The van der Waals surface area contributed by atoms with Crippen LogP contribution in [0.4, 0.5) is 21.0 Å². The van der Waals surface area contributed by atoms with Crippen LogP contribution in [-0.2, 0) is 24.1 Å². The fraction of sp³-hybridized carbons (Fsp3) is 0.304. The molecule has 0 aliphatic rings. The molecule has 11 nitrogen and oxygen atoms in total. The quantitative estimate of drug-likeness (QED) is 0.278. The summed E-state index contributed by atoms with van der Waals surface area (Å²) in [5.41, 5.74) is 0.271. The highest BCUT2D eigenvalue weighted by atomic mass is 32.2. The smallest absolute Gasteiger partial charge is 0.436 e. The molecule has 0 spiro atoms. The molecule has 0 saturated heterocycles. The van der Waals surface area contributed by atoms with Gasteiger partial charge in [-0.05, 0) is 36.8 Å². The molecular weight excluding hydrogens is 476 g/mol. The van der Waals surface area contributed by atoms with E-state index >= 15 is 0 Å². The standard InChI is InChI=1S/C23H28N4O7S/c1-4-5-7-12-20(28)24-19-15-17(35(31,32)16-10-8-6-9-11-16)13-14-18(19)25-21(26-22(29)33-2)27-23(30)34-3/h6,8-11,13-15H,4-5,7,12H2,1-3H3,(H,24,28)(H2,25,26,27,29,30). The van der Waals surface area contributed by atoms with Crippen LogP contribution >= 0.6 is 0 Å². The lowest BCUT2D eigenvalue weighted by Gasteiger charge is -2.16. The average molecular weight is 505 g/mol. The van der Waals surface area contributed by atoms with Crippen LogP contribution in [0.3, 0.4) is 0 Å². The number of nitrogens with one attached hydrogen (secondary N) is 3. The van der Waals surface area contributed by atoms with E-state index in [2.05, 4.69) is 30.4 Å². The van der Waals surface area contributed by atoms with Crippen molar-refractivity contribution < 1.29 is 32.3 Å². The summed E-state index contributed by atoms with van der Waals surface area (Å²) in [6, 6.07) is 11.8. The highest BCUT2D eigenvalue weighted by molar-refractivity contribution is 7.91. The summed E-state index contributed by atoms with van der Waals surface area (Å²) in [7, 11) is -1.66. The van der Waals surface area contributed by atoms with Crippen molar-refractivity contribution in [1.82, 2.24) is 5.32 Å². The first kappa shape index (κ1) is 27.3. The van der Waals surface area contributed by atoms with Gasteiger partial charge >= 0.3 is 12.2 Å². The number of nitrogens with zero attached hydrogens (tertiary/aromatic N) is 1. The number of anilines is 2. The van der Waals surface area contributed by atoms with Crippen molar-refractivity contribution >= 4 is 45.3 Å². The van der Waals surface area contributed by atoms with Gasteiger partial charge in [0.25, 0.3) is 0 Å². The maximum atomic E-state index is 13.1. The summed E-state index contributed by atoms with van der Waals surface area (Å²) in [5, 5.41) is 7.61. The first-order chi connectivity index (χ1) is 16.7. The van der Waals surface area contributed by atoms with E-state index < -0.39 is 22.0 Å². The third kappa shape index (κ3) is 8.10. The Labute approximate surface area is 203 Å². The topological polar surface area (TPSA) is 152 Å². The number of ether oxygens (including phenoxy) is 2. The number of methoxy groups -OCH3 is 2. The first-order valence-corrected chi connectivity index (χ1v) is 12.2. The third-order valence-corrected chi connectivity index (χ3v) is 6.44. The minimum atomic E-state index is -3.88. The Bertz CT molecular complexity index is 1180. The van der Waals surface area contributed by atoms with Gasteiger partial charge in [-0.25, -0.2) is 18.0 Å². The zero-order valence-corrected chi connectivity index (χ0v) is 20.5. The number of hydrogen-bond acceptors (Lipinski definition) is 7. The van der Waals surface area contributed by atoms with Gasteiger partial charge in [0, 0.05) is 6.42 Å². The molecule has 3 amide bonds. The van der Waals surface area contributed by atoms with Crippen LogP contribution in [0.5, 0.6) is 0 Å². The van der Waals surface area contributed by atoms with Gasteiger partial charge in [-0.1, -0.05) is 38.0 Å². The number of alkyl carbamates (subject to hydrolysis) is 1. The Morgan fingerprint density at radius 2 is 1.60 bits per heavy atom. The molecule has 0 unspecified atom stereocenters. The summed E-state index contributed by atoms with van der Waals surface area (Å²) in [6.45, 7) is 2.01. The van der Waals surface area contributed by atoms with Gasteiger partial charge in [-0.3, -0.25) is 10.1 Å². The summed E-state index contributed by atoms with van der Waals surface area (Å²) >= 11 is 0. The number of carbonyl (C=O) groups is 3. The molecule has 2 aromatic carbocycles. The molecule has 0 atom stereocenters. The minimum Gasteiger partial charge on any atom is -0.453 e. The van der Waals surface area contributed by atoms with Crippen LogP contribution in [0.15, 0.2) is 63.3 Å². The Hall–Kier alpha value is -3.93. The molecule has 3 N–H and O–H groups in total. The minimum absolute atomic E-state index is 0.0644. The zero-order chi connectivity index (χ0) is 25.8. The van der Waals surface area contributed by atoms with E-state index in [1.54, 1.807) is 18.2 Å². The normalized spacial score (nSPS) is 11.3. The van der Waals surface area contributed by atoms with E-state index in [4.69, 9.17) is 0 Å². The van der Waals surface area contributed by atoms with Crippen molar-refractivity contribution in [3.63, 3.8) is 0 Å². The van der Waals surface area contributed by atoms with Crippen LogP contribution in [0, 0.1) is 0 Å². The Balaban J connectivity index is 2.48. The molecule has 0 heterocycles. The van der Waals surface area contributed by atoms with E-state index in [0.29, 0.717) is 6.42 Å². The van der Waals surface area contributed by atoms with Gasteiger partial charge in [0.05, 0.1) is 35.4 Å². The largest absolute Gasteiger partial charge is 0.453 e. The number of unbranched alkanes of at least 4 members (excludes halogenated alkanes) is 2. The summed E-state index contributed by atoms with van der Waals surface area (Å²) in [4.78, 5) is 39.4. The molecule has 0 radical (unpaired) electrons. The number of hydrogen-bond donors (Lipinski definition) is 3. The maximum absolute atomic E-state index is 13.1. The molecule has 0 aliphatic heterocycles. The van der Waals surface area contributed by atoms with Crippen LogP contribution in [0.25, 0.3) is 0 Å². The fourth-order valence-electron chi connectivity index (χ4n) is 2.89. The monoisotopic (exact) mass is 504 g/mol. The lowest BCUT2D eigenvalue weighted by Crippen LogP contribution is -2.36. The van der Waals surface area contributed by atoms with Crippen molar-refractivity contribution in [3.05, 3.63) is 48.5 Å². The third-order valence-electron chi connectivity index (χ3n) is 4.67. The van der Waals surface area contributed by atoms with Crippen molar-refractivity contribution in [1.29, 1.82) is 0 Å². The SMILES string of the molecule is CCCCCC(=O)Nc1cc(S(=O)(=O)c2ccccc2)ccc1NC(=NC(=O)OC)NC(=O)OC. The lowest BCUT2D eigenvalue weighted by atomic mass is 10.2. The van der Waals surface area contributed by atoms with Gasteiger partial charge in [0.2, 0.25) is 21.7 Å². The Morgan fingerprint density at radius 1 is 0.886 bits per heavy atom. The molecule has 2 rings (SSSR count). The van der Waals surface area contributed by atoms with Gasteiger partial charge < -0.3 is 20.1 Å². The van der Waals surface area contributed by atoms with Crippen LogP contribution in [0.2, 0.25) is 0 Å². The van der Waals surface area contributed by atoms with Gasteiger partial charge in [-0.2, -0.15) is 0 Å². The number of rotatable bonds is 8. The second-order valence-corrected chi connectivity index (χ2v) is 9.15. The molecule has 0 fully saturated rings. The molecule has 188 valence electrons. The molecule has 2 aromatic rings. The average Bonchev–Trinajstić information content (AvgIpc) is 2.85. The Morgan fingerprint density at radius 3 is 2.23 bits per heavy atom. The molecule has 12 heteroatoms. The predicted octanol–water partition coefficient (Wildman–Crippen LogP) is 3.93. The number of benzene rings is 2. The second kappa shape index (κ2) is 13.1. The van der Waals surface area contributed by atoms with Crippen LogP contribution < -0.4 is 16.0 Å². The predicted molar refractivity (Wildman–Crippen MR) is 130 cm³/mol. The van der Waals surface area contributed by atoms with Gasteiger partial charge in [-0.15, -0.1) is 4.99 Å². The molecule has 0 aliphatic carbocycles. The zero-order valence-electron chi connectivity index (χ0n) is 19.7. The molecule has 0 bridgehead atoms. The van der Waals surface area contributed by atoms with Gasteiger partial charge in [0.1, 0.15) is 0 Å². The summed E-state index contributed by atoms with van der Waals surface area (Å²) in [6.07, 6.45) is 0.737. The second-order valence-electron chi connectivity index (χ2n) is 7.20. The number of carbonyl (C=O) groups excluding carboxylic acids is 3. The number of guanidine groups is 1. The summed E-state index contributed by atoms with van der Waals surface area (Å²) < 4.78 is 35.2. The van der Waals surface area contributed by atoms with E-state index in [1.807, 2.05) is 6.92 Å². The number of sulfone groups is 1. The highest BCUT2D eigenvalue weighted by Gasteiger charge is 2.21. The van der Waals surface area contributed by atoms with Crippen molar-refractivity contribution in [2.75, 3.05) is 24.9 Å². The molecule has 0 saturated carbocycles. The molecule has 0 aromatic heterocycles. The Kier molecular flexibility index (Phi) is 10.2. The van der Waals surface area contributed by atoms with E-state index in [-0.39, 0.29) is 39.5 Å². The fourth-order valence-corrected chi connectivity index (χ4v) is 4.19. The van der Waals surface area contributed by atoms with Crippen molar-refractivity contribution in [2.45, 2.75) is 42.4 Å². The van der Waals surface area contributed by atoms with Crippen molar-refractivity contribution in [2.24, 2.45) is 4.99 Å². The molecule has 35 heavy (non-hydrogen) atoms. The van der Waals surface area contributed by atoms with Crippen molar-refractivity contribution in [3.8, 4) is 0 Å². The maximum Gasteiger partial charge on any atom is 0.436 e. The number of amides is 3. The van der Waals surface area contributed by atoms with E-state index in [0.717, 1.165) is 27.1 Å². The van der Waals surface area contributed by atoms with Crippen LogP contribution in [0.1, 0.15) is 32.6 Å². The van der Waals surface area contributed by atoms with E-state index in [9.17, 15) is 22.8 Å².